The van der Waals surface area contributed by atoms with Crippen molar-refractivity contribution in [1.29, 1.82) is 0 Å². The molecule has 1 aromatic carbocycles. The Kier molecular flexibility index (Phi) is 5.46. The van der Waals surface area contributed by atoms with Gasteiger partial charge in [-0.3, -0.25) is 15.4 Å². The topological polar surface area (TPSA) is 81.5 Å². The summed E-state index contributed by atoms with van der Waals surface area (Å²) in [5, 5.41) is 15.8. The van der Waals surface area contributed by atoms with Gasteiger partial charge in [-0.1, -0.05) is 48.6 Å². The van der Waals surface area contributed by atoms with Crippen molar-refractivity contribution < 1.29 is 14.5 Å². The molecule has 0 amide bonds. The molecule has 1 N–H and O–H groups in total. The Balaban J connectivity index is 2.27. The average Bonchev–Trinajstić information content (AvgIpc) is 3.06. The van der Waals surface area contributed by atoms with Crippen LogP contribution < -0.4 is 5.32 Å². The van der Waals surface area contributed by atoms with Gasteiger partial charge in [-0.15, -0.1) is 0 Å². The van der Waals surface area contributed by atoms with Crippen molar-refractivity contribution in [3.05, 3.63) is 63.0 Å². The van der Waals surface area contributed by atoms with Crippen LogP contribution in [0.25, 0.3) is 0 Å². The van der Waals surface area contributed by atoms with Crippen LogP contribution in [0.5, 0.6) is 0 Å². The van der Waals surface area contributed by atoms with Gasteiger partial charge in [0.2, 0.25) is 0 Å². The summed E-state index contributed by atoms with van der Waals surface area (Å²) in [6.45, 7) is 2.23. The summed E-state index contributed by atoms with van der Waals surface area (Å²) in [5.74, 6) is -0.379. The van der Waals surface area contributed by atoms with Gasteiger partial charge in [-0.25, -0.2) is 4.79 Å². The molecule has 0 spiro atoms. The molecule has 1 atom stereocenters. The average molecular weight is 334 g/mol. The minimum Gasteiger partial charge on any atom is -0.467 e. The van der Waals surface area contributed by atoms with Crippen molar-refractivity contribution in [1.82, 2.24) is 5.32 Å². The molecule has 6 nitrogen and oxygen atoms in total. The fourth-order valence-electron chi connectivity index (χ4n) is 2.47. The highest BCUT2D eigenvalue weighted by Crippen LogP contribution is 2.28. The van der Waals surface area contributed by atoms with Gasteiger partial charge in [-0.05, 0) is 17.5 Å². The van der Waals surface area contributed by atoms with E-state index in [-0.39, 0.29) is 11.0 Å². The molecule has 0 radical (unpaired) electrons. The summed E-state index contributed by atoms with van der Waals surface area (Å²) >= 11 is 1.07. The SMILES string of the molecule is CC[C@@](NCc1csc([N+](=O)[O-])c1)(C(=O)OC)c1ccccc1. The molecule has 0 fully saturated rings. The van der Waals surface area contributed by atoms with Crippen LogP contribution in [0.2, 0.25) is 0 Å². The number of methoxy groups -OCH3 is 1. The van der Waals surface area contributed by atoms with E-state index >= 15 is 0 Å². The third-order valence-electron chi connectivity index (χ3n) is 3.74. The molecule has 7 heteroatoms. The number of rotatable bonds is 7. The first-order chi connectivity index (χ1) is 11.0. The maximum absolute atomic E-state index is 12.4. The number of benzene rings is 1. The Labute approximate surface area is 138 Å². The monoisotopic (exact) mass is 334 g/mol. The number of carbonyl (C=O) groups is 1. The minimum atomic E-state index is -0.979. The lowest BCUT2D eigenvalue weighted by Crippen LogP contribution is -2.49. The molecule has 0 aliphatic rings. The Morgan fingerprint density at radius 1 is 1.39 bits per heavy atom. The number of nitro groups is 1. The van der Waals surface area contributed by atoms with E-state index in [1.165, 1.54) is 13.2 Å². The van der Waals surface area contributed by atoms with E-state index in [0.29, 0.717) is 13.0 Å². The van der Waals surface area contributed by atoms with Gasteiger partial charge in [0.05, 0.1) is 12.0 Å². The Bertz CT molecular complexity index is 686. The standard InChI is InChI=1S/C16H18N2O4S/c1-3-16(15(19)22-2,13-7-5-4-6-8-13)17-10-12-9-14(18(20)21)23-11-12/h4-9,11,17H,3,10H2,1-2H3/t16-/m0/s1. The van der Waals surface area contributed by atoms with Crippen LogP contribution in [0.15, 0.2) is 41.8 Å². The number of nitrogens with one attached hydrogen (secondary N) is 1. The van der Waals surface area contributed by atoms with Gasteiger partial charge in [0.15, 0.2) is 0 Å². The third kappa shape index (κ3) is 3.57. The van der Waals surface area contributed by atoms with E-state index in [2.05, 4.69) is 5.32 Å². The second kappa shape index (κ2) is 7.34. The van der Waals surface area contributed by atoms with E-state index < -0.39 is 10.5 Å². The predicted octanol–water partition coefficient (Wildman–Crippen LogP) is 3.22. The summed E-state index contributed by atoms with van der Waals surface area (Å²) in [7, 11) is 1.35. The number of hydrogen-bond acceptors (Lipinski definition) is 6. The molecule has 0 saturated heterocycles. The molecule has 23 heavy (non-hydrogen) atoms. The number of nitrogens with zero attached hydrogens (tertiary/aromatic N) is 1. The lowest BCUT2D eigenvalue weighted by atomic mass is 9.87. The number of esters is 1. The molecule has 0 bridgehead atoms. The fourth-order valence-corrected chi connectivity index (χ4v) is 3.20. The van der Waals surface area contributed by atoms with Crippen LogP contribution >= 0.6 is 11.3 Å². The smallest absolute Gasteiger partial charge is 0.330 e. The van der Waals surface area contributed by atoms with E-state index in [1.54, 1.807) is 5.38 Å². The van der Waals surface area contributed by atoms with Crippen molar-refractivity contribution in [2.75, 3.05) is 7.11 Å². The number of hydrogen-bond donors (Lipinski definition) is 1. The van der Waals surface area contributed by atoms with Gasteiger partial charge in [0, 0.05) is 18.0 Å². The fraction of sp³-hybridized carbons (Fsp3) is 0.312. The number of thiophene rings is 1. The van der Waals surface area contributed by atoms with E-state index in [9.17, 15) is 14.9 Å². The van der Waals surface area contributed by atoms with Gasteiger partial charge in [0.1, 0.15) is 5.54 Å². The highest BCUT2D eigenvalue weighted by Gasteiger charge is 2.39. The second-order valence-corrected chi connectivity index (χ2v) is 5.91. The molecule has 1 heterocycles. The summed E-state index contributed by atoms with van der Waals surface area (Å²) in [6, 6.07) is 10.8. The van der Waals surface area contributed by atoms with Crippen LogP contribution in [0.4, 0.5) is 5.00 Å². The second-order valence-electron chi connectivity index (χ2n) is 5.02. The molecule has 2 aromatic rings. The largest absolute Gasteiger partial charge is 0.467 e. The van der Waals surface area contributed by atoms with E-state index in [1.807, 2.05) is 37.3 Å². The van der Waals surface area contributed by atoms with Gasteiger partial charge in [0.25, 0.3) is 0 Å². The Morgan fingerprint density at radius 3 is 2.61 bits per heavy atom. The zero-order valence-electron chi connectivity index (χ0n) is 12.9. The zero-order valence-corrected chi connectivity index (χ0v) is 13.8. The molecule has 0 aliphatic carbocycles. The maximum atomic E-state index is 12.4. The molecular formula is C16H18N2O4S. The van der Waals surface area contributed by atoms with Crippen molar-refractivity contribution >= 4 is 22.3 Å². The molecule has 0 saturated carbocycles. The quantitative estimate of drug-likeness (QED) is 0.477. The summed E-state index contributed by atoms with van der Waals surface area (Å²) < 4.78 is 4.99. The van der Waals surface area contributed by atoms with Crippen LogP contribution in [0.1, 0.15) is 24.5 Å². The van der Waals surface area contributed by atoms with Crippen molar-refractivity contribution in [2.24, 2.45) is 0 Å². The summed E-state index contributed by atoms with van der Waals surface area (Å²) in [4.78, 5) is 22.8. The van der Waals surface area contributed by atoms with Crippen LogP contribution in [-0.4, -0.2) is 18.0 Å². The molecule has 0 aliphatic heterocycles. The molecular weight excluding hydrogens is 316 g/mol. The lowest BCUT2D eigenvalue weighted by molar-refractivity contribution is -0.380. The van der Waals surface area contributed by atoms with Crippen molar-refractivity contribution in [3.8, 4) is 0 Å². The summed E-state index contributed by atoms with van der Waals surface area (Å²) in [6.07, 6.45) is 0.496. The van der Waals surface area contributed by atoms with Crippen LogP contribution in [-0.2, 0) is 21.6 Å². The molecule has 122 valence electrons. The van der Waals surface area contributed by atoms with Crippen molar-refractivity contribution in [2.45, 2.75) is 25.4 Å². The van der Waals surface area contributed by atoms with Crippen molar-refractivity contribution in [3.63, 3.8) is 0 Å². The highest BCUT2D eigenvalue weighted by molar-refractivity contribution is 7.13. The number of carbonyl (C=O) groups excluding carboxylic acids is 1. The summed E-state index contributed by atoms with van der Waals surface area (Å²) in [5.41, 5.74) is 0.589. The first kappa shape index (κ1) is 17.1. The predicted molar refractivity (Wildman–Crippen MR) is 88.2 cm³/mol. The first-order valence-corrected chi connectivity index (χ1v) is 8.02. The molecule has 2 rings (SSSR count). The highest BCUT2D eigenvalue weighted by atomic mass is 32.1. The van der Waals surface area contributed by atoms with Crippen LogP contribution in [0.3, 0.4) is 0 Å². The maximum Gasteiger partial charge on any atom is 0.330 e. The minimum absolute atomic E-state index is 0.0849. The molecule has 0 unspecified atom stereocenters. The first-order valence-electron chi connectivity index (χ1n) is 7.14. The third-order valence-corrected chi connectivity index (χ3v) is 4.67. The normalized spacial score (nSPS) is 13.3. The van der Waals surface area contributed by atoms with Gasteiger partial charge >= 0.3 is 11.0 Å². The lowest BCUT2D eigenvalue weighted by Gasteiger charge is -2.31. The Morgan fingerprint density at radius 2 is 2.09 bits per heavy atom. The van der Waals surface area contributed by atoms with Gasteiger partial charge in [-0.2, -0.15) is 0 Å². The van der Waals surface area contributed by atoms with E-state index in [4.69, 9.17) is 4.74 Å². The Hall–Kier alpha value is -2.25. The number of ether oxygens (including phenoxy) is 1. The van der Waals surface area contributed by atoms with Gasteiger partial charge < -0.3 is 4.74 Å². The van der Waals surface area contributed by atoms with E-state index in [0.717, 1.165) is 22.5 Å². The zero-order chi connectivity index (χ0) is 16.9. The van der Waals surface area contributed by atoms with Crippen LogP contribution in [0, 0.1) is 10.1 Å². The molecule has 1 aromatic heterocycles.